The molecule has 2 rings (SSSR count). The number of likely N-dealkylation sites (tertiary alicyclic amines) is 1. The maximum Gasteiger partial charge on any atom is 0.170 e. The number of aliphatic hydroxyl groups is 1. The fraction of sp³-hybridized carbons (Fsp3) is 0.625. The van der Waals surface area contributed by atoms with Gasteiger partial charge >= 0.3 is 0 Å². The first-order valence-corrected chi connectivity index (χ1v) is 7.30. The molecule has 1 N–H and O–H groups in total. The van der Waals surface area contributed by atoms with E-state index in [9.17, 15) is 9.50 Å². The van der Waals surface area contributed by atoms with Crippen LogP contribution < -0.4 is 4.74 Å². The number of benzene rings is 1. The van der Waals surface area contributed by atoms with Gasteiger partial charge in [-0.05, 0) is 45.3 Å². The monoisotopic (exact) mass is 281 g/mol. The molecule has 0 aromatic heterocycles. The van der Waals surface area contributed by atoms with Crippen LogP contribution in [0.2, 0.25) is 0 Å². The number of rotatable bonds is 5. The van der Waals surface area contributed by atoms with Crippen molar-refractivity contribution < 1.29 is 14.2 Å². The molecule has 1 aromatic rings. The molecular formula is C16H24FNO2. The Labute approximate surface area is 120 Å². The van der Waals surface area contributed by atoms with Gasteiger partial charge < -0.3 is 9.84 Å². The number of methoxy groups -OCH3 is 1. The van der Waals surface area contributed by atoms with E-state index in [2.05, 4.69) is 4.90 Å². The zero-order valence-electron chi connectivity index (χ0n) is 12.5. The fourth-order valence-corrected chi connectivity index (χ4v) is 3.05. The van der Waals surface area contributed by atoms with Crippen molar-refractivity contribution in [2.45, 2.75) is 44.8 Å². The molecule has 0 aliphatic carbocycles. The molecule has 3 nitrogen and oxygen atoms in total. The quantitative estimate of drug-likeness (QED) is 0.900. The Morgan fingerprint density at radius 2 is 2.05 bits per heavy atom. The molecule has 0 bridgehead atoms. The smallest absolute Gasteiger partial charge is 0.170 e. The number of ether oxygens (including phenoxy) is 1. The lowest BCUT2D eigenvalue weighted by molar-refractivity contribution is -0.0160. The molecule has 1 fully saturated rings. The molecule has 0 saturated carbocycles. The lowest BCUT2D eigenvalue weighted by Crippen LogP contribution is -2.49. The molecule has 1 saturated heterocycles. The van der Waals surface area contributed by atoms with Gasteiger partial charge in [0, 0.05) is 11.1 Å². The van der Waals surface area contributed by atoms with E-state index in [0.717, 1.165) is 32.4 Å². The highest BCUT2D eigenvalue weighted by atomic mass is 19.1. The standard InChI is InChI=1S/C16H24FNO2/c1-4-16(2,18-10-5-6-11-18)15(19)12-8-7-9-13(20-3)14(12)17/h7-9,15,19H,4-6,10-11H2,1-3H3. The Morgan fingerprint density at radius 3 is 2.60 bits per heavy atom. The number of hydrogen-bond donors (Lipinski definition) is 1. The summed E-state index contributed by atoms with van der Waals surface area (Å²) in [7, 11) is 1.44. The largest absolute Gasteiger partial charge is 0.494 e. The van der Waals surface area contributed by atoms with Gasteiger partial charge in [-0.2, -0.15) is 0 Å². The lowest BCUT2D eigenvalue weighted by Gasteiger charge is -2.42. The van der Waals surface area contributed by atoms with E-state index >= 15 is 0 Å². The zero-order chi connectivity index (χ0) is 14.8. The highest BCUT2D eigenvalue weighted by molar-refractivity contribution is 5.34. The third-order valence-electron chi connectivity index (χ3n) is 4.64. The summed E-state index contributed by atoms with van der Waals surface area (Å²) in [5.41, 5.74) is -0.121. The van der Waals surface area contributed by atoms with Crippen molar-refractivity contribution in [3.63, 3.8) is 0 Å². The summed E-state index contributed by atoms with van der Waals surface area (Å²) in [6.07, 6.45) is 2.19. The predicted octanol–water partition coefficient (Wildman–Crippen LogP) is 3.13. The first kappa shape index (κ1) is 15.3. The van der Waals surface area contributed by atoms with E-state index in [0.29, 0.717) is 5.56 Å². The van der Waals surface area contributed by atoms with E-state index in [4.69, 9.17) is 4.74 Å². The second kappa shape index (κ2) is 6.10. The first-order valence-electron chi connectivity index (χ1n) is 7.30. The van der Waals surface area contributed by atoms with Crippen molar-refractivity contribution >= 4 is 0 Å². The molecule has 1 aromatic carbocycles. The van der Waals surface area contributed by atoms with Crippen LogP contribution in [0.5, 0.6) is 5.75 Å². The summed E-state index contributed by atoms with van der Waals surface area (Å²) in [6.45, 7) is 5.99. The van der Waals surface area contributed by atoms with E-state index in [-0.39, 0.29) is 5.75 Å². The minimum absolute atomic E-state index is 0.182. The van der Waals surface area contributed by atoms with Crippen LogP contribution in [0.4, 0.5) is 4.39 Å². The van der Waals surface area contributed by atoms with Crippen LogP contribution in [0, 0.1) is 5.82 Å². The highest BCUT2D eigenvalue weighted by Crippen LogP contribution is 2.38. The minimum Gasteiger partial charge on any atom is -0.494 e. The van der Waals surface area contributed by atoms with Crippen molar-refractivity contribution in [1.29, 1.82) is 0 Å². The van der Waals surface area contributed by atoms with Crippen LogP contribution in [0.15, 0.2) is 18.2 Å². The van der Waals surface area contributed by atoms with Crippen LogP contribution in [0.1, 0.15) is 44.8 Å². The van der Waals surface area contributed by atoms with Crippen molar-refractivity contribution in [3.05, 3.63) is 29.6 Å². The van der Waals surface area contributed by atoms with E-state index < -0.39 is 17.5 Å². The second-order valence-corrected chi connectivity index (χ2v) is 5.67. The number of nitrogens with zero attached hydrogens (tertiary/aromatic N) is 1. The van der Waals surface area contributed by atoms with Gasteiger partial charge in [0.25, 0.3) is 0 Å². The zero-order valence-corrected chi connectivity index (χ0v) is 12.5. The van der Waals surface area contributed by atoms with Gasteiger partial charge in [0.15, 0.2) is 11.6 Å². The highest BCUT2D eigenvalue weighted by Gasteiger charge is 2.40. The van der Waals surface area contributed by atoms with Crippen molar-refractivity contribution in [2.24, 2.45) is 0 Å². The van der Waals surface area contributed by atoms with Crippen LogP contribution in [0.25, 0.3) is 0 Å². The molecule has 1 heterocycles. The van der Waals surface area contributed by atoms with Gasteiger partial charge in [-0.1, -0.05) is 19.1 Å². The Morgan fingerprint density at radius 1 is 1.40 bits per heavy atom. The SMILES string of the molecule is CCC(C)(C(O)c1cccc(OC)c1F)N1CCCC1. The van der Waals surface area contributed by atoms with Gasteiger partial charge in [-0.15, -0.1) is 0 Å². The molecule has 1 aliphatic heterocycles. The van der Waals surface area contributed by atoms with Gasteiger partial charge in [0.2, 0.25) is 0 Å². The summed E-state index contributed by atoms with van der Waals surface area (Å²) in [6, 6.07) is 4.94. The van der Waals surface area contributed by atoms with Crippen LogP contribution >= 0.6 is 0 Å². The molecule has 2 atom stereocenters. The third kappa shape index (κ3) is 2.54. The Balaban J connectivity index is 2.35. The van der Waals surface area contributed by atoms with E-state index in [1.54, 1.807) is 18.2 Å². The van der Waals surface area contributed by atoms with Gasteiger partial charge in [0.1, 0.15) is 0 Å². The number of halogens is 1. The van der Waals surface area contributed by atoms with Crippen molar-refractivity contribution in [3.8, 4) is 5.75 Å². The maximum absolute atomic E-state index is 14.4. The van der Waals surface area contributed by atoms with Crippen LogP contribution in [-0.4, -0.2) is 35.7 Å². The average molecular weight is 281 g/mol. The van der Waals surface area contributed by atoms with Gasteiger partial charge in [-0.25, -0.2) is 4.39 Å². The van der Waals surface area contributed by atoms with Gasteiger partial charge in [0.05, 0.1) is 13.2 Å². The number of hydrogen-bond acceptors (Lipinski definition) is 3. The van der Waals surface area contributed by atoms with Crippen LogP contribution in [-0.2, 0) is 0 Å². The molecule has 1 aliphatic rings. The summed E-state index contributed by atoms with van der Waals surface area (Å²) in [5.74, 6) is -0.275. The maximum atomic E-state index is 14.4. The Kier molecular flexibility index (Phi) is 4.66. The topological polar surface area (TPSA) is 32.7 Å². The van der Waals surface area contributed by atoms with Crippen molar-refractivity contribution in [1.82, 2.24) is 4.90 Å². The van der Waals surface area contributed by atoms with Crippen molar-refractivity contribution in [2.75, 3.05) is 20.2 Å². The summed E-state index contributed by atoms with van der Waals surface area (Å²) < 4.78 is 19.4. The molecular weight excluding hydrogens is 257 g/mol. The molecule has 20 heavy (non-hydrogen) atoms. The summed E-state index contributed by atoms with van der Waals surface area (Å²) >= 11 is 0. The Bertz CT molecular complexity index is 460. The second-order valence-electron chi connectivity index (χ2n) is 5.67. The molecule has 0 radical (unpaired) electrons. The predicted molar refractivity (Wildman–Crippen MR) is 77.4 cm³/mol. The molecule has 0 spiro atoms. The summed E-state index contributed by atoms with van der Waals surface area (Å²) in [4.78, 5) is 2.27. The third-order valence-corrected chi connectivity index (χ3v) is 4.64. The van der Waals surface area contributed by atoms with Crippen LogP contribution in [0.3, 0.4) is 0 Å². The minimum atomic E-state index is -0.860. The average Bonchev–Trinajstić information content (AvgIpc) is 3.00. The fourth-order valence-electron chi connectivity index (χ4n) is 3.05. The molecule has 2 unspecified atom stereocenters. The Hall–Kier alpha value is -1.13. The molecule has 112 valence electrons. The van der Waals surface area contributed by atoms with Gasteiger partial charge in [-0.3, -0.25) is 4.90 Å². The summed E-state index contributed by atoms with van der Waals surface area (Å²) in [5, 5.41) is 10.8. The normalized spacial score (nSPS) is 20.6. The van der Waals surface area contributed by atoms with E-state index in [1.165, 1.54) is 7.11 Å². The van der Waals surface area contributed by atoms with E-state index in [1.807, 2.05) is 13.8 Å². The number of aliphatic hydroxyl groups excluding tert-OH is 1. The first-order chi connectivity index (χ1) is 9.54. The molecule has 0 amide bonds. The molecule has 4 heteroatoms. The lowest BCUT2D eigenvalue weighted by atomic mass is 9.85.